The van der Waals surface area contributed by atoms with E-state index in [-0.39, 0.29) is 5.56 Å². The fraction of sp³-hybridized carbons (Fsp3) is 0.182. The second-order valence-electron chi connectivity index (χ2n) is 3.11. The highest BCUT2D eigenvalue weighted by atomic mass is 19.2. The number of alkyl halides is 1. The van der Waals surface area contributed by atoms with E-state index >= 15 is 0 Å². The molecular formula is C11H9F3O3. The summed E-state index contributed by atoms with van der Waals surface area (Å²) in [6.45, 7) is 3.28. The van der Waals surface area contributed by atoms with Crippen molar-refractivity contribution in [2.45, 2.75) is 6.17 Å². The number of aliphatic carboxylic acids is 1. The van der Waals surface area contributed by atoms with E-state index in [4.69, 9.17) is 5.11 Å². The molecule has 0 saturated carbocycles. The van der Waals surface area contributed by atoms with Crippen LogP contribution in [0.3, 0.4) is 0 Å². The number of carboxylic acid groups (broad SMARTS) is 1. The second-order valence-corrected chi connectivity index (χ2v) is 3.11. The summed E-state index contributed by atoms with van der Waals surface area (Å²) >= 11 is 0. The average molecular weight is 246 g/mol. The van der Waals surface area contributed by atoms with Gasteiger partial charge < -0.3 is 9.84 Å². The molecule has 0 radical (unpaired) electrons. The first-order valence-electron chi connectivity index (χ1n) is 4.49. The van der Waals surface area contributed by atoms with Crippen molar-refractivity contribution in [3.63, 3.8) is 0 Å². The number of carbonyl (C=O) groups is 1. The minimum Gasteiger partial charge on any atom is -0.494 e. The fourth-order valence-electron chi connectivity index (χ4n) is 1.33. The molecule has 1 aromatic rings. The van der Waals surface area contributed by atoms with E-state index in [0.717, 1.165) is 19.3 Å². The molecule has 0 bridgehead atoms. The standard InChI is InChI=1S/C11H9F3O3/c1-3-5-4-6(17-2)8(12)9(13)7(5)10(14)11(15)16/h3-4,10H,1H2,2H3,(H,15,16). The third-order valence-corrected chi connectivity index (χ3v) is 2.15. The Balaban J connectivity index is 3.53. The molecule has 3 nitrogen and oxygen atoms in total. The summed E-state index contributed by atoms with van der Waals surface area (Å²) in [5.74, 6) is -5.37. The molecule has 1 N–H and O–H groups in total. The molecule has 1 unspecified atom stereocenters. The highest BCUT2D eigenvalue weighted by molar-refractivity contribution is 5.76. The molecule has 17 heavy (non-hydrogen) atoms. The summed E-state index contributed by atoms with van der Waals surface area (Å²) in [7, 11) is 1.11. The zero-order valence-corrected chi connectivity index (χ0v) is 8.84. The van der Waals surface area contributed by atoms with Gasteiger partial charge in [-0.05, 0) is 11.6 Å². The van der Waals surface area contributed by atoms with Gasteiger partial charge in [0.05, 0.1) is 7.11 Å². The Morgan fingerprint density at radius 1 is 1.53 bits per heavy atom. The number of hydrogen-bond acceptors (Lipinski definition) is 2. The molecule has 0 aliphatic rings. The highest BCUT2D eigenvalue weighted by Gasteiger charge is 2.28. The fourth-order valence-corrected chi connectivity index (χ4v) is 1.33. The van der Waals surface area contributed by atoms with Crippen molar-refractivity contribution in [2.75, 3.05) is 7.11 Å². The third-order valence-electron chi connectivity index (χ3n) is 2.15. The van der Waals surface area contributed by atoms with Crippen LogP contribution in [0.15, 0.2) is 12.6 Å². The summed E-state index contributed by atoms with van der Waals surface area (Å²) in [4.78, 5) is 10.5. The first kappa shape index (κ1) is 13.1. The van der Waals surface area contributed by atoms with Crippen LogP contribution >= 0.6 is 0 Å². The van der Waals surface area contributed by atoms with E-state index in [2.05, 4.69) is 11.3 Å². The monoisotopic (exact) mass is 246 g/mol. The Morgan fingerprint density at radius 3 is 2.53 bits per heavy atom. The number of halogens is 3. The van der Waals surface area contributed by atoms with Crippen LogP contribution in [0.1, 0.15) is 17.3 Å². The molecule has 0 spiro atoms. The van der Waals surface area contributed by atoms with Gasteiger partial charge in [0, 0.05) is 5.56 Å². The number of rotatable bonds is 4. The Labute approximate surface area is 95.1 Å². The van der Waals surface area contributed by atoms with Crippen LogP contribution in [0.4, 0.5) is 13.2 Å². The van der Waals surface area contributed by atoms with Crippen LogP contribution in [0.2, 0.25) is 0 Å². The van der Waals surface area contributed by atoms with Gasteiger partial charge in [0.25, 0.3) is 0 Å². The summed E-state index contributed by atoms with van der Waals surface area (Å²) in [5, 5.41) is 8.47. The highest BCUT2D eigenvalue weighted by Crippen LogP contribution is 2.32. The van der Waals surface area contributed by atoms with Gasteiger partial charge in [0.15, 0.2) is 11.6 Å². The molecule has 0 aliphatic heterocycles. The number of ether oxygens (including phenoxy) is 1. The quantitative estimate of drug-likeness (QED) is 0.888. The van der Waals surface area contributed by atoms with Crippen LogP contribution < -0.4 is 4.74 Å². The molecule has 0 aromatic heterocycles. The minimum atomic E-state index is -2.66. The van der Waals surface area contributed by atoms with Gasteiger partial charge in [-0.3, -0.25) is 0 Å². The summed E-state index contributed by atoms with van der Waals surface area (Å²) in [6, 6.07) is 0.982. The summed E-state index contributed by atoms with van der Waals surface area (Å²) < 4.78 is 44.6. The van der Waals surface area contributed by atoms with E-state index in [0.29, 0.717) is 0 Å². The van der Waals surface area contributed by atoms with E-state index in [9.17, 15) is 18.0 Å². The van der Waals surface area contributed by atoms with Gasteiger partial charge in [-0.25, -0.2) is 13.6 Å². The van der Waals surface area contributed by atoms with Gasteiger partial charge in [-0.15, -0.1) is 0 Å². The van der Waals surface area contributed by atoms with E-state index in [1.54, 1.807) is 0 Å². The van der Waals surface area contributed by atoms with Crippen LogP contribution in [-0.2, 0) is 4.79 Å². The van der Waals surface area contributed by atoms with Crippen LogP contribution in [0, 0.1) is 11.6 Å². The normalized spacial score (nSPS) is 12.0. The Hall–Kier alpha value is -1.98. The van der Waals surface area contributed by atoms with Crippen molar-refractivity contribution in [1.29, 1.82) is 0 Å². The molecule has 0 heterocycles. The van der Waals surface area contributed by atoms with E-state index in [1.807, 2.05) is 0 Å². The SMILES string of the molecule is C=Cc1cc(OC)c(F)c(F)c1C(F)C(=O)O. The Kier molecular flexibility index (Phi) is 3.77. The number of hydrogen-bond donors (Lipinski definition) is 1. The van der Waals surface area contributed by atoms with E-state index in [1.165, 1.54) is 0 Å². The topological polar surface area (TPSA) is 46.5 Å². The van der Waals surface area contributed by atoms with Crippen LogP contribution in [0.25, 0.3) is 6.08 Å². The zero-order valence-electron chi connectivity index (χ0n) is 8.84. The average Bonchev–Trinajstić information content (AvgIpc) is 2.31. The minimum absolute atomic E-state index is 0.171. The summed E-state index contributed by atoms with van der Waals surface area (Å²) in [5.41, 5.74) is -1.07. The lowest BCUT2D eigenvalue weighted by Gasteiger charge is -2.12. The molecule has 0 amide bonds. The Bertz CT molecular complexity index is 472. The van der Waals surface area contributed by atoms with Crippen molar-refractivity contribution in [1.82, 2.24) is 0 Å². The molecule has 1 atom stereocenters. The first-order valence-corrected chi connectivity index (χ1v) is 4.49. The molecule has 0 aliphatic carbocycles. The first-order chi connectivity index (χ1) is 7.93. The molecule has 1 rings (SSSR count). The largest absolute Gasteiger partial charge is 0.494 e. The number of carboxylic acids is 1. The predicted octanol–water partition coefficient (Wildman–Crippen LogP) is 2.71. The van der Waals surface area contributed by atoms with Crippen LogP contribution in [0.5, 0.6) is 5.75 Å². The van der Waals surface area contributed by atoms with Crippen molar-refractivity contribution >= 4 is 12.0 Å². The summed E-state index contributed by atoms with van der Waals surface area (Å²) in [6.07, 6.45) is -1.64. The van der Waals surface area contributed by atoms with Crippen molar-refractivity contribution < 1.29 is 27.8 Å². The molecule has 6 heteroatoms. The maximum atomic E-state index is 13.5. The van der Waals surface area contributed by atoms with Gasteiger partial charge in [-0.2, -0.15) is 4.39 Å². The molecule has 1 aromatic carbocycles. The number of methoxy groups -OCH3 is 1. The molecule has 92 valence electrons. The van der Waals surface area contributed by atoms with Gasteiger partial charge in [0.1, 0.15) is 0 Å². The molecule has 0 fully saturated rings. The predicted molar refractivity (Wildman–Crippen MR) is 54.5 cm³/mol. The van der Waals surface area contributed by atoms with Crippen molar-refractivity contribution in [3.8, 4) is 5.75 Å². The Morgan fingerprint density at radius 2 is 2.12 bits per heavy atom. The van der Waals surface area contributed by atoms with Crippen LogP contribution in [-0.4, -0.2) is 18.2 Å². The molecular weight excluding hydrogens is 237 g/mol. The van der Waals surface area contributed by atoms with Gasteiger partial charge in [-0.1, -0.05) is 12.7 Å². The lowest BCUT2D eigenvalue weighted by atomic mass is 10.0. The third kappa shape index (κ3) is 2.25. The number of benzene rings is 1. The maximum absolute atomic E-state index is 13.5. The van der Waals surface area contributed by atoms with Gasteiger partial charge >= 0.3 is 5.97 Å². The van der Waals surface area contributed by atoms with E-state index < -0.39 is 35.1 Å². The van der Waals surface area contributed by atoms with Crippen molar-refractivity contribution in [3.05, 3.63) is 35.4 Å². The second kappa shape index (κ2) is 4.90. The molecule has 0 saturated heterocycles. The lowest BCUT2D eigenvalue weighted by molar-refractivity contribution is -0.143. The zero-order chi connectivity index (χ0) is 13.2. The smallest absolute Gasteiger partial charge is 0.343 e. The maximum Gasteiger partial charge on any atom is 0.343 e. The van der Waals surface area contributed by atoms with Crippen molar-refractivity contribution in [2.24, 2.45) is 0 Å². The lowest BCUT2D eigenvalue weighted by Crippen LogP contribution is -2.11. The van der Waals surface area contributed by atoms with Gasteiger partial charge in [0.2, 0.25) is 12.0 Å².